The minimum Gasteiger partial charge on any atom is -0.495 e. The fourth-order valence-corrected chi connectivity index (χ4v) is 6.37. The number of carbonyl (C=O) groups is 2. The molecule has 3 heterocycles. The summed E-state index contributed by atoms with van der Waals surface area (Å²) in [5.74, 6) is -0.761. The molecule has 1 atom stereocenters. The summed E-state index contributed by atoms with van der Waals surface area (Å²) in [6, 6.07) is 15.0. The zero-order valence-electron chi connectivity index (χ0n) is 18.1. The van der Waals surface area contributed by atoms with Crippen molar-refractivity contribution in [1.29, 1.82) is 0 Å². The number of rotatable bonds is 5. The SMILES string of the molecule is COc1ccc(CN2C(=O)c3cccnc3C2=O)cc1S(=O)(=O)N1c2ccccc2C[C@H]1C. The molecule has 168 valence electrons. The number of carbonyl (C=O) groups excluding carboxylic acids is 2. The summed E-state index contributed by atoms with van der Waals surface area (Å²) in [4.78, 5) is 30.5. The van der Waals surface area contributed by atoms with Crippen molar-refractivity contribution in [2.75, 3.05) is 11.4 Å². The molecule has 9 heteroatoms. The van der Waals surface area contributed by atoms with Crippen LogP contribution in [0.15, 0.2) is 65.7 Å². The quantitative estimate of drug-likeness (QED) is 0.540. The molecular weight excluding hydrogens is 442 g/mol. The first-order chi connectivity index (χ1) is 15.8. The molecule has 0 aliphatic carbocycles. The summed E-state index contributed by atoms with van der Waals surface area (Å²) in [6.07, 6.45) is 2.07. The normalized spacial score (nSPS) is 17.3. The van der Waals surface area contributed by atoms with E-state index in [0.29, 0.717) is 17.7 Å². The molecule has 0 bridgehead atoms. The van der Waals surface area contributed by atoms with Gasteiger partial charge in [0.05, 0.1) is 24.9 Å². The number of anilines is 1. The van der Waals surface area contributed by atoms with Crippen molar-refractivity contribution in [3.8, 4) is 5.75 Å². The Morgan fingerprint density at radius 2 is 1.85 bits per heavy atom. The van der Waals surface area contributed by atoms with Gasteiger partial charge in [0.1, 0.15) is 16.3 Å². The molecule has 0 radical (unpaired) electrons. The number of fused-ring (bicyclic) bond motifs is 2. The van der Waals surface area contributed by atoms with Gasteiger partial charge in [0.25, 0.3) is 21.8 Å². The monoisotopic (exact) mass is 463 g/mol. The van der Waals surface area contributed by atoms with E-state index in [2.05, 4.69) is 4.98 Å². The first-order valence-corrected chi connectivity index (χ1v) is 11.9. The van der Waals surface area contributed by atoms with Crippen LogP contribution in [0.2, 0.25) is 0 Å². The lowest BCUT2D eigenvalue weighted by Crippen LogP contribution is -2.36. The number of benzene rings is 2. The van der Waals surface area contributed by atoms with Crippen molar-refractivity contribution >= 4 is 27.5 Å². The number of ether oxygens (including phenoxy) is 1. The van der Waals surface area contributed by atoms with Gasteiger partial charge in [-0.3, -0.25) is 23.8 Å². The average molecular weight is 464 g/mol. The first kappa shape index (κ1) is 21.1. The molecule has 0 unspecified atom stereocenters. The van der Waals surface area contributed by atoms with Gasteiger partial charge in [-0.05, 0) is 54.8 Å². The van der Waals surface area contributed by atoms with Crippen LogP contribution < -0.4 is 9.04 Å². The summed E-state index contributed by atoms with van der Waals surface area (Å²) in [5.41, 5.74) is 2.44. The minimum absolute atomic E-state index is 0.0132. The smallest absolute Gasteiger partial charge is 0.280 e. The molecule has 0 saturated heterocycles. The molecule has 8 nitrogen and oxygen atoms in total. The molecular formula is C24H21N3O5S. The lowest BCUT2D eigenvalue weighted by atomic mass is 10.1. The van der Waals surface area contributed by atoms with E-state index in [1.165, 1.54) is 23.7 Å². The van der Waals surface area contributed by atoms with Gasteiger partial charge in [0, 0.05) is 12.2 Å². The van der Waals surface area contributed by atoms with Gasteiger partial charge in [-0.15, -0.1) is 0 Å². The average Bonchev–Trinajstić information content (AvgIpc) is 3.28. The van der Waals surface area contributed by atoms with Crippen molar-refractivity contribution in [2.45, 2.75) is 30.8 Å². The van der Waals surface area contributed by atoms with Crippen molar-refractivity contribution in [1.82, 2.24) is 9.88 Å². The predicted molar refractivity (Wildman–Crippen MR) is 121 cm³/mol. The Balaban J connectivity index is 1.53. The van der Waals surface area contributed by atoms with Gasteiger partial charge in [-0.2, -0.15) is 0 Å². The number of sulfonamides is 1. The maximum Gasteiger partial charge on any atom is 0.280 e. The predicted octanol–water partition coefficient (Wildman–Crippen LogP) is 3.03. The maximum absolute atomic E-state index is 13.8. The van der Waals surface area contributed by atoms with Gasteiger partial charge < -0.3 is 4.74 Å². The Kier molecular flexibility index (Phi) is 4.93. The van der Waals surface area contributed by atoms with E-state index < -0.39 is 21.8 Å². The van der Waals surface area contributed by atoms with Crippen LogP contribution in [0.4, 0.5) is 5.69 Å². The Labute approximate surface area is 191 Å². The highest BCUT2D eigenvalue weighted by molar-refractivity contribution is 7.93. The number of hydrogen-bond acceptors (Lipinski definition) is 6. The third-order valence-corrected chi connectivity index (χ3v) is 7.93. The molecule has 33 heavy (non-hydrogen) atoms. The van der Waals surface area contributed by atoms with Gasteiger partial charge in [-0.1, -0.05) is 24.3 Å². The van der Waals surface area contributed by atoms with E-state index in [9.17, 15) is 18.0 Å². The van der Waals surface area contributed by atoms with Gasteiger partial charge in [0.2, 0.25) is 0 Å². The molecule has 2 aliphatic heterocycles. The van der Waals surface area contributed by atoms with E-state index in [1.54, 1.807) is 30.3 Å². The molecule has 2 aliphatic rings. The summed E-state index contributed by atoms with van der Waals surface area (Å²) >= 11 is 0. The number of amides is 2. The second-order valence-electron chi connectivity index (χ2n) is 8.06. The van der Waals surface area contributed by atoms with Crippen molar-refractivity contribution in [3.63, 3.8) is 0 Å². The van der Waals surface area contributed by atoms with Crippen molar-refractivity contribution < 1.29 is 22.7 Å². The van der Waals surface area contributed by atoms with Crippen LogP contribution in [0.1, 0.15) is 38.9 Å². The number of hydrogen-bond donors (Lipinski definition) is 0. The van der Waals surface area contributed by atoms with Gasteiger partial charge in [-0.25, -0.2) is 8.42 Å². The van der Waals surface area contributed by atoms with E-state index in [-0.39, 0.29) is 34.5 Å². The zero-order chi connectivity index (χ0) is 23.3. The van der Waals surface area contributed by atoms with Crippen LogP contribution in [0.5, 0.6) is 5.75 Å². The number of nitrogens with zero attached hydrogens (tertiary/aromatic N) is 3. The zero-order valence-corrected chi connectivity index (χ0v) is 18.9. The second kappa shape index (κ2) is 7.70. The molecule has 2 amide bonds. The number of imide groups is 1. The van der Waals surface area contributed by atoms with Crippen molar-refractivity contribution in [3.05, 3.63) is 83.2 Å². The molecule has 0 saturated carbocycles. The van der Waals surface area contributed by atoms with Crippen molar-refractivity contribution in [2.24, 2.45) is 0 Å². The molecule has 5 rings (SSSR count). The van der Waals surface area contributed by atoms with Gasteiger partial charge in [0.15, 0.2) is 0 Å². The number of pyridine rings is 1. The third-order valence-electron chi connectivity index (χ3n) is 5.98. The van der Waals surface area contributed by atoms with Gasteiger partial charge >= 0.3 is 0 Å². The molecule has 1 aromatic heterocycles. The van der Waals surface area contributed by atoms with Crippen LogP contribution in [-0.2, 0) is 23.0 Å². The number of para-hydroxylation sites is 1. The van der Waals surface area contributed by atoms with Crippen LogP contribution >= 0.6 is 0 Å². The van der Waals surface area contributed by atoms with Crippen LogP contribution in [-0.4, -0.2) is 43.3 Å². The largest absolute Gasteiger partial charge is 0.495 e. The number of aromatic nitrogens is 1. The van der Waals surface area contributed by atoms with E-state index in [4.69, 9.17) is 4.74 Å². The fourth-order valence-electron chi connectivity index (χ4n) is 4.47. The topological polar surface area (TPSA) is 96.9 Å². The Bertz CT molecular complexity index is 1370. The summed E-state index contributed by atoms with van der Waals surface area (Å²) < 4.78 is 34.3. The highest BCUT2D eigenvalue weighted by Crippen LogP contribution is 2.39. The standard InChI is InChI=1S/C24H21N3O5S/c1-15-12-17-6-3-4-8-19(17)27(15)33(30,31)21-13-16(9-10-20(21)32-2)14-26-23(28)18-7-5-11-25-22(18)24(26)29/h3-11,13,15H,12,14H2,1-2H3/t15-/m1/s1. The van der Waals surface area contributed by atoms with Crippen LogP contribution in [0, 0.1) is 0 Å². The lowest BCUT2D eigenvalue weighted by Gasteiger charge is -2.26. The third kappa shape index (κ3) is 3.27. The molecule has 0 fully saturated rings. The summed E-state index contributed by atoms with van der Waals surface area (Å²) in [7, 11) is -2.57. The summed E-state index contributed by atoms with van der Waals surface area (Å²) in [6.45, 7) is 1.78. The first-order valence-electron chi connectivity index (χ1n) is 10.4. The van der Waals surface area contributed by atoms with E-state index in [1.807, 2.05) is 25.1 Å². The van der Waals surface area contributed by atoms with E-state index in [0.717, 1.165) is 10.5 Å². The second-order valence-corrected chi connectivity index (χ2v) is 9.85. The highest BCUT2D eigenvalue weighted by atomic mass is 32.2. The minimum atomic E-state index is -3.97. The molecule has 2 aromatic carbocycles. The maximum atomic E-state index is 13.8. The number of methoxy groups -OCH3 is 1. The van der Waals surface area contributed by atoms with E-state index >= 15 is 0 Å². The fraction of sp³-hybridized carbons (Fsp3) is 0.208. The molecule has 0 spiro atoms. The summed E-state index contributed by atoms with van der Waals surface area (Å²) in [5, 5.41) is 0. The Morgan fingerprint density at radius 3 is 2.61 bits per heavy atom. The van der Waals surface area contributed by atoms with Crippen LogP contribution in [0.3, 0.4) is 0 Å². The lowest BCUT2D eigenvalue weighted by molar-refractivity contribution is 0.0640. The Morgan fingerprint density at radius 1 is 1.06 bits per heavy atom. The molecule has 0 N–H and O–H groups in total. The molecule has 3 aromatic rings. The van der Waals surface area contributed by atoms with Crippen LogP contribution in [0.25, 0.3) is 0 Å². The highest BCUT2D eigenvalue weighted by Gasteiger charge is 2.39. The Hall–Kier alpha value is -3.72.